The lowest BCUT2D eigenvalue weighted by molar-refractivity contribution is -0.127. The summed E-state index contributed by atoms with van der Waals surface area (Å²) in [4.78, 5) is 41.4. The van der Waals surface area contributed by atoms with Crippen LogP contribution in [-0.2, 0) is 20.8 Å². The number of nitrogens with one attached hydrogen (secondary N) is 2. The first kappa shape index (κ1) is 23.7. The lowest BCUT2D eigenvalue weighted by Gasteiger charge is -2.32. The Morgan fingerprint density at radius 2 is 1.68 bits per heavy atom. The molecular weight excluding hydrogens is 446 g/mol. The van der Waals surface area contributed by atoms with E-state index in [4.69, 9.17) is 0 Å². The van der Waals surface area contributed by atoms with Crippen LogP contribution in [0.3, 0.4) is 0 Å². The Morgan fingerprint density at radius 1 is 0.971 bits per heavy atom. The zero-order valence-corrected chi connectivity index (χ0v) is 20.0. The third kappa shape index (κ3) is 5.91. The molecule has 1 saturated carbocycles. The fraction of sp³-hybridized carbons (Fsp3) is 0.296. The highest BCUT2D eigenvalue weighted by atomic mass is 32.1. The highest BCUT2D eigenvalue weighted by Gasteiger charge is 2.34. The van der Waals surface area contributed by atoms with Crippen LogP contribution in [0.5, 0.6) is 0 Å². The lowest BCUT2D eigenvalue weighted by Crippen LogP contribution is -2.46. The molecule has 34 heavy (non-hydrogen) atoms. The van der Waals surface area contributed by atoms with E-state index in [0.717, 1.165) is 36.1 Å². The van der Waals surface area contributed by atoms with E-state index >= 15 is 0 Å². The maximum absolute atomic E-state index is 13.7. The molecule has 0 radical (unpaired) electrons. The summed E-state index contributed by atoms with van der Waals surface area (Å²) in [6.07, 6.45) is 4.33. The van der Waals surface area contributed by atoms with Crippen molar-refractivity contribution in [1.29, 1.82) is 0 Å². The van der Waals surface area contributed by atoms with Crippen molar-refractivity contribution in [2.24, 2.45) is 0 Å². The monoisotopic (exact) mass is 475 g/mol. The Labute approximate surface area is 204 Å². The van der Waals surface area contributed by atoms with Gasteiger partial charge < -0.3 is 10.6 Å². The van der Waals surface area contributed by atoms with Gasteiger partial charge in [-0.05, 0) is 54.1 Å². The summed E-state index contributed by atoms with van der Waals surface area (Å²) in [7, 11) is 0. The molecule has 0 spiro atoms. The molecule has 0 unspecified atom stereocenters. The van der Waals surface area contributed by atoms with E-state index in [1.807, 2.05) is 47.8 Å². The van der Waals surface area contributed by atoms with Gasteiger partial charge in [0.05, 0.1) is 6.42 Å². The lowest BCUT2D eigenvalue weighted by atomic mass is 10.0. The van der Waals surface area contributed by atoms with Crippen molar-refractivity contribution in [1.82, 2.24) is 5.32 Å². The smallest absolute Gasteiger partial charge is 0.248 e. The van der Waals surface area contributed by atoms with E-state index in [0.29, 0.717) is 11.4 Å². The minimum atomic E-state index is -0.805. The molecule has 1 heterocycles. The molecule has 176 valence electrons. The number of thiophene rings is 1. The van der Waals surface area contributed by atoms with Crippen molar-refractivity contribution in [3.8, 4) is 0 Å². The predicted molar refractivity (Wildman–Crippen MR) is 136 cm³/mol. The Morgan fingerprint density at radius 3 is 2.29 bits per heavy atom. The molecule has 2 aromatic carbocycles. The average Bonchev–Trinajstić information content (AvgIpc) is 3.52. The third-order valence-corrected chi connectivity index (χ3v) is 6.84. The number of rotatable bonds is 8. The number of nitrogens with zero attached hydrogens (tertiary/aromatic N) is 1. The van der Waals surface area contributed by atoms with Gasteiger partial charge in [-0.25, -0.2) is 0 Å². The van der Waals surface area contributed by atoms with Crippen LogP contribution >= 0.6 is 11.3 Å². The van der Waals surface area contributed by atoms with Gasteiger partial charge in [-0.1, -0.05) is 49.2 Å². The van der Waals surface area contributed by atoms with Gasteiger partial charge in [-0.2, -0.15) is 0 Å². The van der Waals surface area contributed by atoms with E-state index in [2.05, 4.69) is 10.6 Å². The second kappa shape index (κ2) is 11.1. The maximum atomic E-state index is 13.7. The molecular formula is C27H29N3O3S. The number of anilines is 2. The Hall–Kier alpha value is -3.45. The predicted octanol–water partition coefficient (Wildman–Crippen LogP) is 5.08. The first-order chi connectivity index (χ1) is 16.5. The van der Waals surface area contributed by atoms with Crippen LogP contribution in [0.1, 0.15) is 49.1 Å². The number of hydrogen-bond donors (Lipinski definition) is 2. The molecule has 6 nitrogen and oxygen atoms in total. The van der Waals surface area contributed by atoms with Crippen LogP contribution in [0.2, 0.25) is 0 Å². The molecule has 2 N–H and O–H groups in total. The second-order valence-corrected chi connectivity index (χ2v) is 9.58. The van der Waals surface area contributed by atoms with Crippen LogP contribution in [0, 0.1) is 0 Å². The van der Waals surface area contributed by atoms with Crippen molar-refractivity contribution < 1.29 is 14.4 Å². The molecule has 7 heteroatoms. The zero-order chi connectivity index (χ0) is 23.9. The molecule has 3 aromatic rings. The van der Waals surface area contributed by atoms with Crippen molar-refractivity contribution >= 4 is 40.4 Å². The number of carbonyl (C=O) groups excluding carboxylic acids is 3. The third-order valence-electron chi connectivity index (χ3n) is 5.96. The highest BCUT2D eigenvalue weighted by molar-refractivity contribution is 7.10. The summed E-state index contributed by atoms with van der Waals surface area (Å²) in [6.45, 7) is 1.45. The van der Waals surface area contributed by atoms with E-state index in [9.17, 15) is 14.4 Å². The van der Waals surface area contributed by atoms with Gasteiger partial charge >= 0.3 is 0 Å². The van der Waals surface area contributed by atoms with Gasteiger partial charge in [0.1, 0.15) is 6.04 Å². The van der Waals surface area contributed by atoms with Gasteiger partial charge in [0.15, 0.2) is 0 Å². The van der Waals surface area contributed by atoms with Gasteiger partial charge in [-0.15, -0.1) is 11.3 Å². The summed E-state index contributed by atoms with van der Waals surface area (Å²) < 4.78 is 0. The minimum absolute atomic E-state index is 0.134. The van der Waals surface area contributed by atoms with Crippen LogP contribution < -0.4 is 15.5 Å². The quantitative estimate of drug-likeness (QED) is 0.477. The van der Waals surface area contributed by atoms with Gasteiger partial charge in [0.2, 0.25) is 17.7 Å². The summed E-state index contributed by atoms with van der Waals surface area (Å²) in [6, 6.07) is 19.7. The molecule has 1 aliphatic rings. The number of carbonyl (C=O) groups is 3. The van der Waals surface area contributed by atoms with Crippen LogP contribution in [0.25, 0.3) is 0 Å². The molecule has 0 bridgehead atoms. The topological polar surface area (TPSA) is 78.5 Å². The second-order valence-electron chi connectivity index (χ2n) is 8.55. The van der Waals surface area contributed by atoms with Gasteiger partial charge in [0, 0.05) is 29.2 Å². The van der Waals surface area contributed by atoms with E-state index < -0.39 is 6.04 Å². The van der Waals surface area contributed by atoms with Gasteiger partial charge in [-0.3, -0.25) is 19.3 Å². The minimum Gasteiger partial charge on any atom is -0.351 e. The zero-order valence-electron chi connectivity index (χ0n) is 19.2. The SMILES string of the molecule is CC(=O)Nc1ccc(N(C(=O)Cc2cccs2)[C@H](C(=O)NC2CCCC2)c2ccccc2)cc1. The van der Waals surface area contributed by atoms with Crippen molar-refractivity contribution in [3.63, 3.8) is 0 Å². The van der Waals surface area contributed by atoms with Gasteiger partial charge in [0.25, 0.3) is 0 Å². The fourth-order valence-corrected chi connectivity index (χ4v) is 5.09. The summed E-state index contributed by atoms with van der Waals surface area (Å²) in [5.74, 6) is -0.509. The first-order valence-electron chi connectivity index (χ1n) is 11.6. The van der Waals surface area contributed by atoms with Crippen LogP contribution in [0.4, 0.5) is 11.4 Å². The van der Waals surface area contributed by atoms with Crippen LogP contribution in [0.15, 0.2) is 72.1 Å². The van der Waals surface area contributed by atoms with Crippen molar-refractivity contribution in [2.75, 3.05) is 10.2 Å². The van der Waals surface area contributed by atoms with E-state index in [1.165, 1.54) is 18.3 Å². The molecule has 3 amide bonds. The first-order valence-corrected chi connectivity index (χ1v) is 12.5. The van der Waals surface area contributed by atoms with E-state index in [1.54, 1.807) is 29.2 Å². The molecule has 0 aliphatic heterocycles. The molecule has 1 atom stereocenters. The van der Waals surface area contributed by atoms with E-state index in [-0.39, 0.29) is 30.2 Å². The summed E-state index contributed by atoms with van der Waals surface area (Å²) in [5.41, 5.74) is 1.99. The maximum Gasteiger partial charge on any atom is 0.248 e. The number of benzene rings is 2. The summed E-state index contributed by atoms with van der Waals surface area (Å²) >= 11 is 1.52. The van der Waals surface area contributed by atoms with Crippen molar-refractivity contribution in [3.05, 3.63) is 82.6 Å². The number of hydrogen-bond acceptors (Lipinski definition) is 4. The summed E-state index contributed by atoms with van der Waals surface area (Å²) in [5, 5.41) is 7.88. The Bertz CT molecular complexity index is 1110. The standard InChI is InChI=1S/C27H29N3O3S/c1-19(31)28-22-13-15-23(16-14-22)30(25(32)18-24-12-7-17-34-24)26(20-8-3-2-4-9-20)27(33)29-21-10-5-6-11-21/h2-4,7-9,12-17,21,26H,5-6,10-11,18H2,1H3,(H,28,31)(H,29,33)/t26-/m0/s1. The molecule has 1 aromatic heterocycles. The molecule has 1 fully saturated rings. The Balaban J connectivity index is 1.72. The normalized spacial score (nSPS) is 14.4. The average molecular weight is 476 g/mol. The largest absolute Gasteiger partial charge is 0.351 e. The highest BCUT2D eigenvalue weighted by Crippen LogP contribution is 2.31. The molecule has 1 aliphatic carbocycles. The fourth-order valence-electron chi connectivity index (χ4n) is 4.40. The Kier molecular flexibility index (Phi) is 7.75. The molecule has 0 saturated heterocycles. The van der Waals surface area contributed by atoms with Crippen LogP contribution in [-0.4, -0.2) is 23.8 Å². The molecule has 4 rings (SSSR count). The number of amides is 3. The van der Waals surface area contributed by atoms with Crippen molar-refractivity contribution in [2.45, 2.75) is 51.1 Å².